The Labute approximate surface area is 79.4 Å². The number of halogens is 1. The van der Waals surface area contributed by atoms with Gasteiger partial charge in [-0.2, -0.15) is 0 Å². The number of ether oxygens (including phenoxy) is 2. The molecule has 0 saturated heterocycles. The summed E-state index contributed by atoms with van der Waals surface area (Å²) in [5.41, 5.74) is 5.57. The van der Waals surface area contributed by atoms with Crippen LogP contribution in [0.3, 0.4) is 0 Å². The van der Waals surface area contributed by atoms with E-state index in [4.69, 9.17) is 20.3 Å². The van der Waals surface area contributed by atoms with E-state index in [0.29, 0.717) is 13.2 Å². The van der Waals surface area contributed by atoms with Crippen LogP contribution in [0.5, 0.6) is 0 Å². The molecule has 0 bridgehead atoms. The topological polar surface area (TPSA) is 64.7 Å². The molecule has 0 aliphatic carbocycles. The summed E-state index contributed by atoms with van der Waals surface area (Å²) >= 11 is 0. The molecule has 0 radical (unpaired) electrons. The van der Waals surface area contributed by atoms with Gasteiger partial charge in [0.25, 0.3) is 5.91 Å². The molecule has 76 valence electrons. The highest BCUT2D eigenvalue weighted by molar-refractivity contribution is 5.85. The number of aliphatic hydroxyl groups is 1. The van der Waals surface area contributed by atoms with Crippen LogP contribution < -0.4 is 5.73 Å². The van der Waals surface area contributed by atoms with Crippen LogP contribution in [0.15, 0.2) is 0 Å². The van der Waals surface area contributed by atoms with Gasteiger partial charge in [0.15, 0.2) is 0 Å². The van der Waals surface area contributed by atoms with Gasteiger partial charge in [-0.05, 0) is 20.8 Å². The summed E-state index contributed by atoms with van der Waals surface area (Å²) in [7, 11) is 0. The number of hydrogen-bond donors (Lipinski definition) is 2. The molecule has 0 fully saturated rings. The van der Waals surface area contributed by atoms with E-state index in [0.717, 1.165) is 0 Å². The zero-order valence-corrected chi connectivity index (χ0v) is 8.56. The zero-order chi connectivity index (χ0) is 8.91. The minimum atomic E-state index is -1.34. The molecule has 0 aliphatic heterocycles. The highest BCUT2D eigenvalue weighted by Crippen LogP contribution is 2.10. The van der Waals surface area contributed by atoms with E-state index in [2.05, 4.69) is 0 Å². The lowest BCUT2D eigenvalue weighted by Gasteiger charge is -2.30. The van der Waals surface area contributed by atoms with Crippen molar-refractivity contribution < 1.29 is 14.6 Å². The third-order valence-corrected chi connectivity index (χ3v) is 1.32. The lowest BCUT2D eigenvalue weighted by Crippen LogP contribution is -2.54. The van der Waals surface area contributed by atoms with E-state index in [1.54, 1.807) is 13.8 Å². The first-order chi connectivity index (χ1) is 5.06. The second kappa shape index (κ2) is 6.62. The van der Waals surface area contributed by atoms with Gasteiger partial charge in [0.1, 0.15) is 6.10 Å². The van der Waals surface area contributed by atoms with Gasteiger partial charge in [-0.25, -0.2) is 0 Å². The Bertz CT molecular complexity index is 105. The van der Waals surface area contributed by atoms with Crippen molar-refractivity contribution in [1.29, 1.82) is 0 Å². The predicted molar refractivity (Wildman–Crippen MR) is 49.1 cm³/mol. The summed E-state index contributed by atoms with van der Waals surface area (Å²) in [6, 6.07) is 0. The standard InChI is InChI=1S/C7H17NO3.ClH/c1-4-10-7(8,6(3)9)11-5-2;/h6,9H,4-5,8H2,1-3H3;1H. The summed E-state index contributed by atoms with van der Waals surface area (Å²) in [5, 5.41) is 9.16. The first-order valence-corrected chi connectivity index (χ1v) is 3.81. The van der Waals surface area contributed by atoms with E-state index in [9.17, 15) is 0 Å². The Morgan fingerprint density at radius 2 is 1.67 bits per heavy atom. The van der Waals surface area contributed by atoms with E-state index in [1.165, 1.54) is 6.92 Å². The number of hydrogen-bond acceptors (Lipinski definition) is 4. The molecule has 1 unspecified atom stereocenters. The van der Waals surface area contributed by atoms with Crippen molar-refractivity contribution in [3.63, 3.8) is 0 Å². The molecular formula is C7H18ClNO3. The molecule has 0 heterocycles. The lowest BCUT2D eigenvalue weighted by molar-refractivity contribution is -0.272. The molecule has 3 N–H and O–H groups in total. The molecule has 1 atom stereocenters. The maximum absolute atomic E-state index is 9.16. The number of rotatable bonds is 5. The second-order valence-electron chi connectivity index (χ2n) is 2.26. The third kappa shape index (κ3) is 4.23. The quantitative estimate of drug-likeness (QED) is 0.632. The Morgan fingerprint density at radius 1 is 1.33 bits per heavy atom. The fraction of sp³-hybridized carbons (Fsp3) is 1.00. The third-order valence-electron chi connectivity index (χ3n) is 1.32. The molecule has 0 aromatic heterocycles. The Kier molecular flexibility index (Phi) is 8.08. The van der Waals surface area contributed by atoms with Crippen molar-refractivity contribution in [2.45, 2.75) is 32.8 Å². The van der Waals surface area contributed by atoms with Crippen LogP contribution >= 0.6 is 12.4 Å². The summed E-state index contributed by atoms with van der Waals surface area (Å²) < 4.78 is 10.1. The van der Waals surface area contributed by atoms with Crippen LogP contribution in [-0.2, 0) is 9.47 Å². The van der Waals surface area contributed by atoms with E-state index in [1.807, 2.05) is 0 Å². The molecule has 0 spiro atoms. The fourth-order valence-corrected chi connectivity index (χ4v) is 0.734. The van der Waals surface area contributed by atoms with Gasteiger partial charge < -0.3 is 14.6 Å². The monoisotopic (exact) mass is 199 g/mol. The second-order valence-corrected chi connectivity index (χ2v) is 2.26. The zero-order valence-electron chi connectivity index (χ0n) is 7.74. The van der Waals surface area contributed by atoms with Gasteiger partial charge in [0.05, 0.1) is 0 Å². The predicted octanol–water partition coefficient (Wildman–Crippen LogP) is 0.475. The van der Waals surface area contributed by atoms with Crippen molar-refractivity contribution in [3.8, 4) is 0 Å². The summed E-state index contributed by atoms with van der Waals surface area (Å²) in [6.07, 6.45) is -0.831. The molecule has 5 heteroatoms. The normalized spacial score (nSPS) is 13.8. The molecule has 0 saturated carbocycles. The minimum Gasteiger partial charge on any atom is -0.386 e. The van der Waals surface area contributed by atoms with Crippen LogP contribution in [0, 0.1) is 0 Å². The fourth-order valence-electron chi connectivity index (χ4n) is 0.734. The van der Waals surface area contributed by atoms with Crippen LogP contribution in [0.1, 0.15) is 20.8 Å². The van der Waals surface area contributed by atoms with Crippen LogP contribution in [-0.4, -0.2) is 30.3 Å². The Morgan fingerprint density at radius 3 is 1.83 bits per heavy atom. The van der Waals surface area contributed by atoms with Gasteiger partial charge in [-0.3, -0.25) is 5.73 Å². The highest BCUT2D eigenvalue weighted by Gasteiger charge is 2.31. The Hall–Kier alpha value is 0.130. The Balaban J connectivity index is 0. The first-order valence-electron chi connectivity index (χ1n) is 3.81. The van der Waals surface area contributed by atoms with E-state index < -0.39 is 12.0 Å². The average molecular weight is 200 g/mol. The van der Waals surface area contributed by atoms with Crippen LogP contribution in [0.2, 0.25) is 0 Å². The van der Waals surface area contributed by atoms with E-state index in [-0.39, 0.29) is 12.4 Å². The molecular weight excluding hydrogens is 182 g/mol. The lowest BCUT2D eigenvalue weighted by atomic mass is 10.3. The average Bonchev–Trinajstić information content (AvgIpc) is 1.88. The largest absolute Gasteiger partial charge is 0.386 e. The van der Waals surface area contributed by atoms with E-state index >= 15 is 0 Å². The summed E-state index contributed by atoms with van der Waals surface area (Å²) in [6.45, 7) is 5.96. The smallest absolute Gasteiger partial charge is 0.251 e. The number of aliphatic hydroxyl groups excluding tert-OH is 1. The molecule has 12 heavy (non-hydrogen) atoms. The van der Waals surface area contributed by atoms with Gasteiger partial charge in [0.2, 0.25) is 0 Å². The van der Waals surface area contributed by atoms with Gasteiger partial charge in [0, 0.05) is 13.2 Å². The molecule has 0 aromatic carbocycles. The number of nitrogens with two attached hydrogens (primary N) is 1. The van der Waals surface area contributed by atoms with Crippen molar-refractivity contribution in [2.24, 2.45) is 5.73 Å². The van der Waals surface area contributed by atoms with Crippen LogP contribution in [0.4, 0.5) is 0 Å². The van der Waals surface area contributed by atoms with Crippen molar-refractivity contribution in [1.82, 2.24) is 0 Å². The summed E-state index contributed by atoms with van der Waals surface area (Å²) in [4.78, 5) is 0. The van der Waals surface area contributed by atoms with Crippen molar-refractivity contribution >= 4 is 12.4 Å². The summed E-state index contributed by atoms with van der Waals surface area (Å²) in [5.74, 6) is -1.34. The molecule has 0 amide bonds. The SMILES string of the molecule is CCOC(N)(OCC)C(C)O.Cl. The molecule has 0 aromatic rings. The highest BCUT2D eigenvalue weighted by atomic mass is 35.5. The van der Waals surface area contributed by atoms with Crippen molar-refractivity contribution in [3.05, 3.63) is 0 Å². The minimum absolute atomic E-state index is 0. The maximum atomic E-state index is 9.16. The van der Waals surface area contributed by atoms with Crippen LogP contribution in [0.25, 0.3) is 0 Å². The van der Waals surface area contributed by atoms with Crippen molar-refractivity contribution in [2.75, 3.05) is 13.2 Å². The maximum Gasteiger partial charge on any atom is 0.251 e. The molecule has 4 nitrogen and oxygen atoms in total. The molecule has 0 rings (SSSR count). The molecule has 0 aliphatic rings. The van der Waals surface area contributed by atoms with Gasteiger partial charge in [-0.1, -0.05) is 0 Å². The van der Waals surface area contributed by atoms with Gasteiger partial charge in [-0.15, -0.1) is 12.4 Å². The van der Waals surface area contributed by atoms with Gasteiger partial charge >= 0.3 is 0 Å². The first kappa shape index (κ1) is 14.6.